The number of H-pyrrole nitrogens is 1. The standard InChI is InChI=1S/C6H5N3.C5H11O2P/c1-2-4-6-5(3-1)7-9-8-6;1-2-3-4-8-5(6)7/h1-4H,(H,7,8,9);8H,2-4H2,1H3,(H,6,7). The maximum absolute atomic E-state index is 9.89. The molecule has 0 spiro atoms. The average molecular weight is 253 g/mol. The minimum atomic E-state index is -0.654. The van der Waals surface area contributed by atoms with Gasteiger partial charge in [0, 0.05) is 0 Å². The van der Waals surface area contributed by atoms with Gasteiger partial charge in [0.2, 0.25) is 0 Å². The number of benzene rings is 1. The Morgan fingerprint density at radius 1 is 1.47 bits per heavy atom. The number of nitrogens with one attached hydrogen (secondary N) is 1. The van der Waals surface area contributed by atoms with Gasteiger partial charge in [-0.05, 0) is 33.3 Å². The number of rotatable bonds is 4. The Balaban J connectivity index is 0.000000172. The van der Waals surface area contributed by atoms with Crippen molar-refractivity contribution in [1.29, 1.82) is 0 Å². The molecule has 2 aromatic rings. The topological polar surface area (TPSA) is 78.9 Å². The third-order valence-corrected chi connectivity index (χ3v) is 2.94. The van der Waals surface area contributed by atoms with Gasteiger partial charge in [-0.3, -0.25) is 5.10 Å². The molecule has 0 saturated heterocycles. The molecule has 2 N–H and O–H groups in total. The molecule has 1 heterocycles. The minimum absolute atomic E-state index is 0.112. The summed E-state index contributed by atoms with van der Waals surface area (Å²) < 4.78 is 0. The molecule has 1 atom stereocenters. The Bertz CT molecular complexity index is 428. The fourth-order valence-electron chi connectivity index (χ4n) is 1.16. The molecule has 2 rings (SSSR count). The predicted octanol–water partition coefficient (Wildman–Crippen LogP) is 3.10. The first-order valence-electron chi connectivity index (χ1n) is 5.46. The lowest BCUT2D eigenvalue weighted by molar-refractivity contribution is 0.221. The largest absolute Gasteiger partial charge is 0.478 e. The van der Waals surface area contributed by atoms with Crippen LogP contribution in [0.15, 0.2) is 24.3 Å². The highest BCUT2D eigenvalue weighted by Gasteiger charge is 1.92. The Morgan fingerprint density at radius 2 is 2.24 bits per heavy atom. The van der Waals surface area contributed by atoms with Crippen molar-refractivity contribution in [3.05, 3.63) is 24.3 Å². The SMILES string of the molecule is CCCCPC(=O)O.c1ccc2[nH]nnc2c1. The van der Waals surface area contributed by atoms with E-state index in [9.17, 15) is 4.79 Å². The number of para-hydroxylation sites is 1. The van der Waals surface area contributed by atoms with Crippen molar-refractivity contribution in [1.82, 2.24) is 15.4 Å². The molecule has 92 valence electrons. The van der Waals surface area contributed by atoms with Gasteiger partial charge in [-0.15, -0.1) is 5.10 Å². The summed E-state index contributed by atoms with van der Waals surface area (Å²) in [7, 11) is 0.112. The minimum Gasteiger partial charge on any atom is -0.478 e. The second-order valence-electron chi connectivity index (χ2n) is 3.41. The van der Waals surface area contributed by atoms with Crippen molar-refractivity contribution < 1.29 is 9.90 Å². The van der Waals surface area contributed by atoms with Crippen LogP contribution in [0.2, 0.25) is 0 Å². The number of aromatic nitrogens is 3. The highest BCUT2D eigenvalue weighted by molar-refractivity contribution is 7.57. The van der Waals surface area contributed by atoms with E-state index in [1.54, 1.807) is 0 Å². The highest BCUT2D eigenvalue weighted by Crippen LogP contribution is 2.12. The van der Waals surface area contributed by atoms with Gasteiger partial charge in [0.15, 0.2) is 0 Å². The zero-order chi connectivity index (χ0) is 12.5. The van der Waals surface area contributed by atoms with E-state index in [0.717, 1.165) is 30.0 Å². The summed E-state index contributed by atoms with van der Waals surface area (Å²) in [5.74, 6) is 0. The molecule has 0 fully saturated rings. The molecule has 17 heavy (non-hydrogen) atoms. The lowest BCUT2D eigenvalue weighted by Crippen LogP contribution is -1.82. The number of hydrogen-bond donors (Lipinski definition) is 2. The molecule has 1 aromatic heterocycles. The number of nitrogens with zero attached hydrogens (tertiary/aromatic N) is 2. The first-order chi connectivity index (χ1) is 8.24. The van der Waals surface area contributed by atoms with Crippen LogP contribution in [0.1, 0.15) is 19.8 Å². The van der Waals surface area contributed by atoms with Crippen molar-refractivity contribution in [2.24, 2.45) is 0 Å². The van der Waals surface area contributed by atoms with Gasteiger partial charge in [0.1, 0.15) is 5.52 Å². The Kier molecular flexibility index (Phi) is 6.18. The van der Waals surface area contributed by atoms with Gasteiger partial charge in [-0.2, -0.15) is 0 Å². The van der Waals surface area contributed by atoms with Crippen LogP contribution in [0, 0.1) is 0 Å². The summed E-state index contributed by atoms with van der Waals surface area (Å²) in [6, 6.07) is 7.74. The van der Waals surface area contributed by atoms with Gasteiger partial charge < -0.3 is 5.11 Å². The zero-order valence-electron chi connectivity index (χ0n) is 9.68. The van der Waals surface area contributed by atoms with E-state index < -0.39 is 5.71 Å². The number of fused-ring (bicyclic) bond motifs is 1. The molecule has 0 saturated carbocycles. The van der Waals surface area contributed by atoms with Gasteiger partial charge in [0.05, 0.1) is 5.52 Å². The molecule has 0 aliphatic rings. The van der Waals surface area contributed by atoms with Crippen molar-refractivity contribution in [2.75, 3.05) is 6.16 Å². The first-order valence-corrected chi connectivity index (χ1v) is 6.67. The number of aromatic amines is 1. The number of unbranched alkanes of at least 4 members (excludes halogenated alkanes) is 1. The van der Waals surface area contributed by atoms with E-state index >= 15 is 0 Å². The average Bonchev–Trinajstić information content (AvgIpc) is 2.78. The van der Waals surface area contributed by atoms with E-state index in [4.69, 9.17) is 5.11 Å². The van der Waals surface area contributed by atoms with Crippen LogP contribution in [0.4, 0.5) is 4.79 Å². The van der Waals surface area contributed by atoms with Crippen LogP contribution in [0.5, 0.6) is 0 Å². The summed E-state index contributed by atoms with van der Waals surface area (Å²) in [5.41, 5.74) is 1.24. The van der Waals surface area contributed by atoms with Crippen molar-refractivity contribution in [2.45, 2.75) is 19.8 Å². The Labute approximate surface area is 101 Å². The summed E-state index contributed by atoms with van der Waals surface area (Å²) in [4.78, 5) is 9.89. The Hall–Kier alpha value is -1.48. The van der Waals surface area contributed by atoms with E-state index in [1.165, 1.54) is 0 Å². The lowest BCUT2D eigenvalue weighted by Gasteiger charge is -1.90. The second kappa shape index (κ2) is 7.74. The summed E-state index contributed by atoms with van der Waals surface area (Å²) in [6.07, 6.45) is 3.00. The number of carboxylic acid groups (broad SMARTS) is 1. The van der Waals surface area contributed by atoms with Crippen LogP contribution in [-0.2, 0) is 0 Å². The van der Waals surface area contributed by atoms with E-state index in [-0.39, 0.29) is 8.58 Å². The zero-order valence-corrected chi connectivity index (χ0v) is 10.7. The molecular weight excluding hydrogens is 237 g/mol. The van der Waals surface area contributed by atoms with E-state index in [2.05, 4.69) is 22.3 Å². The van der Waals surface area contributed by atoms with E-state index in [0.29, 0.717) is 0 Å². The molecule has 6 heteroatoms. The van der Waals surface area contributed by atoms with Gasteiger partial charge >= 0.3 is 5.71 Å². The van der Waals surface area contributed by atoms with Crippen molar-refractivity contribution in [3.8, 4) is 0 Å². The molecule has 0 aliphatic carbocycles. The van der Waals surface area contributed by atoms with Gasteiger partial charge in [-0.1, -0.05) is 30.7 Å². The quantitative estimate of drug-likeness (QED) is 0.648. The summed E-state index contributed by atoms with van der Waals surface area (Å²) >= 11 is 0. The number of carbonyl (C=O) groups is 1. The smallest absolute Gasteiger partial charge is 0.320 e. The number of hydrogen-bond acceptors (Lipinski definition) is 3. The highest BCUT2D eigenvalue weighted by atomic mass is 31.1. The van der Waals surface area contributed by atoms with Crippen LogP contribution in [0.25, 0.3) is 11.0 Å². The van der Waals surface area contributed by atoms with Crippen LogP contribution in [0.3, 0.4) is 0 Å². The molecule has 0 bridgehead atoms. The third kappa shape index (κ3) is 5.41. The lowest BCUT2D eigenvalue weighted by atomic mass is 10.3. The second-order valence-corrected chi connectivity index (χ2v) is 4.70. The normalized spacial score (nSPS) is 10.4. The fourth-order valence-corrected chi connectivity index (χ4v) is 1.90. The molecule has 1 unspecified atom stereocenters. The van der Waals surface area contributed by atoms with Gasteiger partial charge in [0.25, 0.3) is 0 Å². The maximum atomic E-state index is 9.89. The molecule has 1 aromatic carbocycles. The molecule has 0 amide bonds. The monoisotopic (exact) mass is 253 g/mol. The van der Waals surface area contributed by atoms with Gasteiger partial charge in [-0.25, -0.2) is 4.79 Å². The molecule has 0 radical (unpaired) electrons. The van der Waals surface area contributed by atoms with Crippen LogP contribution >= 0.6 is 8.58 Å². The van der Waals surface area contributed by atoms with Crippen LogP contribution in [-0.4, -0.2) is 32.4 Å². The summed E-state index contributed by atoms with van der Waals surface area (Å²) in [6.45, 7) is 2.06. The first kappa shape index (κ1) is 13.6. The van der Waals surface area contributed by atoms with Crippen molar-refractivity contribution >= 4 is 25.3 Å². The molecule has 5 nitrogen and oxygen atoms in total. The summed E-state index contributed by atoms with van der Waals surface area (Å²) in [5, 5.41) is 18.4. The third-order valence-electron chi connectivity index (χ3n) is 2.04. The van der Waals surface area contributed by atoms with Crippen molar-refractivity contribution in [3.63, 3.8) is 0 Å². The predicted molar refractivity (Wildman–Crippen MR) is 70.0 cm³/mol. The fraction of sp³-hybridized carbons (Fsp3) is 0.364. The maximum Gasteiger partial charge on any atom is 0.320 e. The molecule has 0 aliphatic heterocycles. The molecular formula is C11H16N3O2P. The Morgan fingerprint density at radius 3 is 2.88 bits per heavy atom. The van der Waals surface area contributed by atoms with E-state index in [1.807, 2.05) is 24.3 Å². The van der Waals surface area contributed by atoms with Crippen LogP contribution < -0.4 is 0 Å².